The number of ether oxygens (including phenoxy) is 2. The Kier molecular flexibility index (Phi) is 7.11. The number of piperazine rings is 1. The first-order chi connectivity index (χ1) is 16.4. The lowest BCUT2D eigenvalue weighted by molar-refractivity contribution is 0.0746. The van der Waals surface area contributed by atoms with Crippen molar-refractivity contribution < 1.29 is 23.5 Å². The van der Waals surface area contributed by atoms with E-state index in [1.54, 1.807) is 29.3 Å². The summed E-state index contributed by atoms with van der Waals surface area (Å²) in [6, 6.07) is 8.27. The largest absolute Gasteiger partial charge is 0.474 e. The van der Waals surface area contributed by atoms with Gasteiger partial charge in [0.2, 0.25) is 0 Å². The third kappa shape index (κ3) is 5.19. The highest BCUT2D eigenvalue weighted by Gasteiger charge is 2.33. The fraction of sp³-hybridized carbons (Fsp3) is 0.391. The monoisotopic (exact) mass is 487 g/mol. The summed E-state index contributed by atoms with van der Waals surface area (Å²) in [5.74, 6) is -0.513. The van der Waals surface area contributed by atoms with Crippen molar-refractivity contribution >= 4 is 40.8 Å². The van der Waals surface area contributed by atoms with E-state index in [0.29, 0.717) is 49.7 Å². The molecule has 4 rings (SSSR count). The second-order valence-electron chi connectivity index (χ2n) is 8.09. The molecule has 180 valence electrons. The molecule has 0 saturated carbocycles. The lowest BCUT2D eigenvalue weighted by atomic mass is 10.2. The maximum Gasteiger partial charge on any atom is 0.414 e. The zero-order chi connectivity index (χ0) is 24.2. The summed E-state index contributed by atoms with van der Waals surface area (Å²) in [5, 5.41) is 3.06. The van der Waals surface area contributed by atoms with Gasteiger partial charge in [0.1, 0.15) is 11.9 Å². The van der Waals surface area contributed by atoms with Crippen molar-refractivity contribution in [1.82, 2.24) is 15.2 Å². The van der Waals surface area contributed by atoms with Crippen LogP contribution in [0.4, 0.5) is 20.6 Å². The number of carbonyl (C=O) groups excluding carboxylic acids is 2. The first-order valence-corrected chi connectivity index (χ1v) is 11.3. The van der Waals surface area contributed by atoms with Crippen LogP contribution in [0.3, 0.4) is 0 Å². The molecule has 11 heteroatoms. The van der Waals surface area contributed by atoms with Crippen molar-refractivity contribution in [2.45, 2.75) is 13.0 Å². The van der Waals surface area contributed by atoms with Crippen LogP contribution in [0.1, 0.15) is 16.1 Å². The number of halogens is 1. The normalized spacial score (nSPS) is 18.0. The van der Waals surface area contributed by atoms with E-state index in [1.807, 2.05) is 17.9 Å². The molecule has 2 aliphatic heterocycles. The number of thiocarbonyl (C=S) groups is 1. The van der Waals surface area contributed by atoms with Crippen LogP contribution in [0.25, 0.3) is 0 Å². The Balaban J connectivity index is 1.35. The van der Waals surface area contributed by atoms with Crippen LogP contribution in [0.15, 0.2) is 36.5 Å². The predicted octanol–water partition coefficient (Wildman–Crippen LogP) is 2.34. The minimum absolute atomic E-state index is 0.0779. The number of amides is 2. The number of methoxy groups -OCH3 is 1. The first-order valence-electron chi connectivity index (χ1n) is 10.9. The third-order valence-electron chi connectivity index (χ3n) is 5.84. The molecule has 0 aliphatic carbocycles. The van der Waals surface area contributed by atoms with Gasteiger partial charge in [0.15, 0.2) is 0 Å². The lowest BCUT2D eigenvalue weighted by Crippen LogP contribution is -2.49. The number of pyridine rings is 1. The maximum absolute atomic E-state index is 15.0. The van der Waals surface area contributed by atoms with Gasteiger partial charge in [-0.25, -0.2) is 9.18 Å². The van der Waals surface area contributed by atoms with E-state index in [9.17, 15) is 9.59 Å². The highest BCUT2D eigenvalue weighted by molar-refractivity contribution is 7.80. The molecule has 2 aromatic rings. The Morgan fingerprint density at radius 3 is 2.68 bits per heavy atom. The number of aromatic nitrogens is 1. The Bertz CT molecular complexity index is 1080. The molecule has 0 radical (unpaired) electrons. The van der Waals surface area contributed by atoms with Gasteiger partial charge in [-0.05, 0) is 49.5 Å². The molecule has 9 nitrogen and oxygen atoms in total. The van der Waals surface area contributed by atoms with Crippen LogP contribution in [0, 0.1) is 12.7 Å². The van der Waals surface area contributed by atoms with Crippen molar-refractivity contribution in [3.8, 4) is 0 Å². The number of anilines is 2. The van der Waals surface area contributed by atoms with E-state index in [0.717, 1.165) is 5.69 Å². The highest BCUT2D eigenvalue weighted by Crippen LogP contribution is 2.28. The van der Waals surface area contributed by atoms with Crippen LogP contribution in [0.2, 0.25) is 0 Å². The minimum Gasteiger partial charge on any atom is -0.474 e. The Hall–Kier alpha value is -3.47. The minimum atomic E-state index is -0.542. The van der Waals surface area contributed by atoms with Gasteiger partial charge in [-0.2, -0.15) is 0 Å². The van der Waals surface area contributed by atoms with Crippen LogP contribution < -0.4 is 15.1 Å². The van der Waals surface area contributed by atoms with Crippen molar-refractivity contribution in [1.29, 1.82) is 0 Å². The fourth-order valence-corrected chi connectivity index (χ4v) is 4.04. The number of nitrogens with one attached hydrogen (secondary N) is 1. The molecule has 0 bridgehead atoms. The summed E-state index contributed by atoms with van der Waals surface area (Å²) in [6.45, 7) is 4.39. The van der Waals surface area contributed by atoms with Gasteiger partial charge in [-0.15, -0.1) is 0 Å². The molecular weight excluding hydrogens is 461 g/mol. The van der Waals surface area contributed by atoms with Crippen molar-refractivity contribution in [3.63, 3.8) is 0 Å². The summed E-state index contributed by atoms with van der Waals surface area (Å²) in [7, 11) is 1.45. The summed E-state index contributed by atoms with van der Waals surface area (Å²) < 4.78 is 25.2. The number of carbonyl (C=O) groups is 2. The summed E-state index contributed by atoms with van der Waals surface area (Å²) in [5.41, 5.74) is 2.25. The molecule has 34 heavy (non-hydrogen) atoms. The van der Waals surface area contributed by atoms with Crippen LogP contribution in [0.5, 0.6) is 0 Å². The summed E-state index contributed by atoms with van der Waals surface area (Å²) in [4.78, 5) is 34.2. The van der Waals surface area contributed by atoms with Gasteiger partial charge < -0.3 is 24.6 Å². The average molecular weight is 488 g/mol. The van der Waals surface area contributed by atoms with Crippen molar-refractivity contribution in [2.75, 3.05) is 56.2 Å². The fourth-order valence-electron chi connectivity index (χ4n) is 3.96. The number of benzene rings is 1. The second kappa shape index (κ2) is 10.2. The zero-order valence-corrected chi connectivity index (χ0v) is 19.8. The van der Waals surface area contributed by atoms with Crippen LogP contribution in [-0.2, 0) is 9.47 Å². The standard InChI is InChI=1S/C23H26FN5O4S/c1-15-3-4-16(12-25-15)21(30)28-9-7-27(8-10-28)20-6-5-17(11-19(20)24)29-14-18(33-23(29)31)13-26-22(34)32-2/h3-6,11-12,18H,7-10,13-14H2,1-2H3,(H,26,34). The zero-order valence-electron chi connectivity index (χ0n) is 19.0. The molecule has 1 unspecified atom stereocenters. The molecule has 0 spiro atoms. The van der Waals surface area contributed by atoms with Gasteiger partial charge in [0.05, 0.1) is 37.1 Å². The molecule has 1 N–H and O–H groups in total. The number of hydrogen-bond donors (Lipinski definition) is 1. The van der Waals surface area contributed by atoms with Crippen molar-refractivity contribution in [2.24, 2.45) is 0 Å². The molecule has 2 saturated heterocycles. The molecule has 2 amide bonds. The molecule has 2 fully saturated rings. The van der Waals surface area contributed by atoms with Gasteiger partial charge in [-0.3, -0.25) is 14.7 Å². The van der Waals surface area contributed by atoms with E-state index in [1.165, 1.54) is 18.1 Å². The number of hydrogen-bond acceptors (Lipinski definition) is 7. The van der Waals surface area contributed by atoms with E-state index >= 15 is 4.39 Å². The molecular formula is C23H26FN5O4S. The molecule has 2 aliphatic rings. The van der Waals surface area contributed by atoms with Crippen LogP contribution >= 0.6 is 12.2 Å². The number of aryl methyl sites for hydroxylation is 1. The third-order valence-corrected chi connectivity index (χ3v) is 6.15. The second-order valence-corrected chi connectivity index (χ2v) is 8.46. The van der Waals surface area contributed by atoms with E-state index in [2.05, 4.69) is 10.3 Å². The van der Waals surface area contributed by atoms with Gasteiger partial charge in [0.25, 0.3) is 11.1 Å². The van der Waals surface area contributed by atoms with Gasteiger partial charge >= 0.3 is 6.09 Å². The smallest absolute Gasteiger partial charge is 0.414 e. The number of rotatable bonds is 5. The first kappa shape index (κ1) is 23.7. The van der Waals surface area contributed by atoms with Crippen LogP contribution in [-0.4, -0.2) is 79.5 Å². The van der Waals surface area contributed by atoms with Gasteiger partial charge in [0, 0.05) is 38.1 Å². The Morgan fingerprint density at radius 1 is 1.26 bits per heavy atom. The maximum atomic E-state index is 15.0. The topological polar surface area (TPSA) is 87.2 Å². The lowest BCUT2D eigenvalue weighted by Gasteiger charge is -2.36. The Morgan fingerprint density at radius 2 is 2.03 bits per heavy atom. The van der Waals surface area contributed by atoms with E-state index < -0.39 is 18.0 Å². The van der Waals surface area contributed by atoms with Gasteiger partial charge in [-0.1, -0.05) is 0 Å². The van der Waals surface area contributed by atoms with E-state index in [-0.39, 0.29) is 17.6 Å². The molecule has 3 heterocycles. The number of cyclic esters (lactones) is 1. The summed E-state index contributed by atoms with van der Waals surface area (Å²) in [6.07, 6.45) is 0.607. The SMILES string of the molecule is COC(=S)NCC1CN(c2ccc(N3CCN(C(=O)c4ccc(C)nc4)CC3)c(F)c2)C(=O)O1. The average Bonchev–Trinajstić information content (AvgIpc) is 3.23. The summed E-state index contributed by atoms with van der Waals surface area (Å²) >= 11 is 4.92. The van der Waals surface area contributed by atoms with E-state index in [4.69, 9.17) is 21.7 Å². The van der Waals surface area contributed by atoms with Crippen molar-refractivity contribution in [3.05, 3.63) is 53.6 Å². The molecule has 1 atom stereocenters. The molecule has 1 aromatic carbocycles. The Labute approximate surface area is 202 Å². The number of nitrogens with zero attached hydrogens (tertiary/aromatic N) is 4. The highest BCUT2D eigenvalue weighted by atomic mass is 32.1. The quantitative estimate of drug-likeness (QED) is 0.644. The predicted molar refractivity (Wildman–Crippen MR) is 129 cm³/mol. The molecule has 1 aromatic heterocycles.